The Hall–Kier alpha value is -1.84. The number of hydrogen-bond donors (Lipinski definition) is 1. The van der Waals surface area contributed by atoms with E-state index in [1.807, 2.05) is 6.08 Å². The molecule has 0 radical (unpaired) electrons. The van der Waals surface area contributed by atoms with Gasteiger partial charge in [0.15, 0.2) is 0 Å². The van der Waals surface area contributed by atoms with Gasteiger partial charge in [-0.3, -0.25) is 0 Å². The summed E-state index contributed by atoms with van der Waals surface area (Å²) in [5.41, 5.74) is 3.89. The molecule has 0 amide bonds. The van der Waals surface area contributed by atoms with Crippen molar-refractivity contribution in [3.63, 3.8) is 0 Å². The van der Waals surface area contributed by atoms with Crippen LogP contribution < -0.4 is 10.1 Å². The van der Waals surface area contributed by atoms with Gasteiger partial charge in [-0.1, -0.05) is 36.9 Å². The Kier molecular flexibility index (Phi) is 5.89. The first-order chi connectivity index (χ1) is 11.8. The van der Waals surface area contributed by atoms with Crippen LogP contribution in [0.2, 0.25) is 0 Å². The lowest BCUT2D eigenvalue weighted by atomic mass is 9.80. The second-order valence-corrected chi connectivity index (χ2v) is 6.50. The molecule has 0 saturated carbocycles. The molecule has 1 aromatic carbocycles. The van der Waals surface area contributed by atoms with Crippen molar-refractivity contribution in [2.45, 2.75) is 26.6 Å². The van der Waals surface area contributed by atoms with E-state index >= 15 is 0 Å². The molecule has 1 N–H and O–H groups in total. The van der Waals surface area contributed by atoms with Crippen LogP contribution in [0.1, 0.15) is 24.5 Å². The van der Waals surface area contributed by atoms with Gasteiger partial charge in [0.05, 0.1) is 19.8 Å². The maximum absolute atomic E-state index is 6.13. The largest absolute Gasteiger partial charge is 0.493 e. The standard InChI is InChI=1S/C21H27NO2/c1-3-5-16(6-4-2)21-9-10-22-12-19(21)15-24-20-8-7-17-13-23-14-18(17)11-20/h3-8,11,19,21-22H,1,9-10,12-15H2,2H3/b6-4-,16-5+. The summed E-state index contributed by atoms with van der Waals surface area (Å²) >= 11 is 0. The second kappa shape index (κ2) is 8.32. The molecule has 3 rings (SSSR count). The molecule has 0 spiro atoms. The van der Waals surface area contributed by atoms with Crippen LogP contribution in [0.25, 0.3) is 0 Å². The molecule has 3 nitrogen and oxygen atoms in total. The molecule has 2 atom stereocenters. The summed E-state index contributed by atoms with van der Waals surface area (Å²) in [7, 11) is 0. The molecule has 24 heavy (non-hydrogen) atoms. The average molecular weight is 325 g/mol. The highest BCUT2D eigenvalue weighted by atomic mass is 16.5. The first-order valence-electron chi connectivity index (χ1n) is 8.80. The molecule has 0 bridgehead atoms. The Morgan fingerprint density at radius 2 is 2.25 bits per heavy atom. The van der Waals surface area contributed by atoms with Gasteiger partial charge in [-0.15, -0.1) is 0 Å². The van der Waals surface area contributed by atoms with E-state index in [9.17, 15) is 0 Å². The summed E-state index contributed by atoms with van der Waals surface area (Å²) in [5.74, 6) is 1.92. The predicted octanol–water partition coefficient (Wildman–Crippen LogP) is 4.01. The number of rotatable bonds is 6. The van der Waals surface area contributed by atoms with Gasteiger partial charge in [-0.2, -0.15) is 0 Å². The zero-order chi connectivity index (χ0) is 16.8. The van der Waals surface area contributed by atoms with Gasteiger partial charge in [0.2, 0.25) is 0 Å². The van der Waals surface area contributed by atoms with E-state index in [1.165, 1.54) is 16.7 Å². The molecule has 2 aliphatic rings. The lowest BCUT2D eigenvalue weighted by Gasteiger charge is -2.33. The van der Waals surface area contributed by atoms with Gasteiger partial charge in [0, 0.05) is 12.5 Å². The average Bonchev–Trinajstić information content (AvgIpc) is 3.08. The number of nitrogens with one attached hydrogen (secondary N) is 1. The smallest absolute Gasteiger partial charge is 0.119 e. The van der Waals surface area contributed by atoms with Gasteiger partial charge >= 0.3 is 0 Å². The fourth-order valence-electron chi connectivity index (χ4n) is 3.61. The lowest BCUT2D eigenvalue weighted by Crippen LogP contribution is -2.40. The zero-order valence-corrected chi connectivity index (χ0v) is 14.5. The normalized spacial score (nSPS) is 24.1. The van der Waals surface area contributed by atoms with Crippen LogP contribution in [0.5, 0.6) is 5.75 Å². The Morgan fingerprint density at radius 1 is 1.38 bits per heavy atom. The maximum Gasteiger partial charge on any atom is 0.119 e. The van der Waals surface area contributed by atoms with Crippen molar-refractivity contribution in [3.05, 3.63) is 65.8 Å². The molecule has 3 heteroatoms. The number of ether oxygens (including phenoxy) is 2. The van der Waals surface area contributed by atoms with Crippen molar-refractivity contribution in [1.82, 2.24) is 5.32 Å². The van der Waals surface area contributed by atoms with E-state index in [4.69, 9.17) is 9.47 Å². The van der Waals surface area contributed by atoms with Crippen LogP contribution in [0.4, 0.5) is 0 Å². The van der Waals surface area contributed by atoms with Gasteiger partial charge in [-0.05, 0) is 54.6 Å². The third-order valence-electron chi connectivity index (χ3n) is 4.86. The summed E-state index contributed by atoms with van der Waals surface area (Å²) in [4.78, 5) is 0. The van der Waals surface area contributed by atoms with E-state index in [2.05, 4.69) is 55.2 Å². The van der Waals surface area contributed by atoms with Crippen LogP contribution in [0.15, 0.2) is 54.7 Å². The Balaban J connectivity index is 1.67. The van der Waals surface area contributed by atoms with Crippen molar-refractivity contribution in [1.29, 1.82) is 0 Å². The SMILES string of the molecule is C=C/C=C(\C=C/C)C1CCNCC1COc1ccc2c(c1)COC2. The summed E-state index contributed by atoms with van der Waals surface area (Å²) in [6.07, 6.45) is 9.47. The van der Waals surface area contributed by atoms with Gasteiger partial charge in [0.1, 0.15) is 5.75 Å². The quantitative estimate of drug-likeness (QED) is 0.802. The summed E-state index contributed by atoms with van der Waals surface area (Å²) in [5, 5.41) is 3.50. The van der Waals surface area contributed by atoms with E-state index in [0.29, 0.717) is 18.4 Å². The Labute approximate surface area is 145 Å². The summed E-state index contributed by atoms with van der Waals surface area (Å²) in [6.45, 7) is 10.1. The van der Waals surface area contributed by atoms with E-state index < -0.39 is 0 Å². The van der Waals surface area contributed by atoms with Crippen LogP contribution >= 0.6 is 0 Å². The first-order valence-corrected chi connectivity index (χ1v) is 8.80. The molecule has 2 heterocycles. The van der Waals surface area contributed by atoms with Gasteiger partial charge in [-0.25, -0.2) is 0 Å². The minimum Gasteiger partial charge on any atom is -0.493 e. The summed E-state index contributed by atoms with van der Waals surface area (Å²) in [6, 6.07) is 6.31. The van der Waals surface area contributed by atoms with Crippen LogP contribution in [-0.4, -0.2) is 19.7 Å². The van der Waals surface area contributed by atoms with E-state index in [1.54, 1.807) is 0 Å². The van der Waals surface area contributed by atoms with Gasteiger partial charge < -0.3 is 14.8 Å². The molecular formula is C21H27NO2. The minimum absolute atomic E-state index is 0.464. The number of hydrogen-bond acceptors (Lipinski definition) is 3. The van der Waals surface area contributed by atoms with Crippen molar-refractivity contribution in [3.8, 4) is 5.75 Å². The third-order valence-corrected chi connectivity index (χ3v) is 4.86. The maximum atomic E-state index is 6.13. The van der Waals surface area contributed by atoms with Crippen molar-refractivity contribution >= 4 is 0 Å². The Morgan fingerprint density at radius 3 is 3.08 bits per heavy atom. The second-order valence-electron chi connectivity index (χ2n) is 6.50. The van der Waals surface area contributed by atoms with Crippen molar-refractivity contribution < 1.29 is 9.47 Å². The monoisotopic (exact) mass is 325 g/mol. The fourth-order valence-corrected chi connectivity index (χ4v) is 3.61. The molecule has 1 aromatic rings. The van der Waals surface area contributed by atoms with Gasteiger partial charge in [0.25, 0.3) is 0 Å². The van der Waals surface area contributed by atoms with E-state index in [0.717, 1.165) is 38.5 Å². The molecule has 0 aromatic heterocycles. The summed E-state index contributed by atoms with van der Waals surface area (Å²) < 4.78 is 11.6. The fraction of sp³-hybridized carbons (Fsp3) is 0.429. The third kappa shape index (κ3) is 3.97. The molecule has 1 fully saturated rings. The molecule has 128 valence electrons. The molecular weight excluding hydrogens is 298 g/mol. The highest BCUT2D eigenvalue weighted by Crippen LogP contribution is 2.30. The molecule has 2 unspecified atom stereocenters. The molecule has 0 aliphatic carbocycles. The highest BCUT2D eigenvalue weighted by molar-refractivity contribution is 5.36. The number of piperidine rings is 1. The molecule has 2 aliphatic heterocycles. The van der Waals surface area contributed by atoms with Crippen molar-refractivity contribution in [2.24, 2.45) is 11.8 Å². The minimum atomic E-state index is 0.464. The highest BCUT2D eigenvalue weighted by Gasteiger charge is 2.27. The van der Waals surface area contributed by atoms with Crippen LogP contribution in [0, 0.1) is 11.8 Å². The van der Waals surface area contributed by atoms with Crippen LogP contribution in [-0.2, 0) is 18.0 Å². The number of allylic oxidation sites excluding steroid dienone is 5. The first kappa shape index (κ1) is 17.0. The van der Waals surface area contributed by atoms with Crippen molar-refractivity contribution in [2.75, 3.05) is 19.7 Å². The lowest BCUT2D eigenvalue weighted by molar-refractivity contribution is 0.134. The molecule has 1 saturated heterocycles. The predicted molar refractivity (Wildman–Crippen MR) is 98.0 cm³/mol. The Bertz CT molecular complexity index is 633. The topological polar surface area (TPSA) is 30.5 Å². The van der Waals surface area contributed by atoms with E-state index in [-0.39, 0.29) is 0 Å². The number of fused-ring (bicyclic) bond motifs is 1. The zero-order valence-electron chi connectivity index (χ0n) is 14.5. The van der Waals surface area contributed by atoms with Crippen LogP contribution in [0.3, 0.4) is 0 Å². The number of benzene rings is 1.